The van der Waals surface area contributed by atoms with Gasteiger partial charge in [-0.1, -0.05) is 24.1 Å². The van der Waals surface area contributed by atoms with Crippen LogP contribution in [0.4, 0.5) is 0 Å². The summed E-state index contributed by atoms with van der Waals surface area (Å²) in [7, 11) is 0. The molecule has 0 spiro atoms. The van der Waals surface area contributed by atoms with Crippen molar-refractivity contribution in [1.29, 1.82) is 0 Å². The highest BCUT2D eigenvalue weighted by Gasteiger charge is 2.23. The van der Waals surface area contributed by atoms with Gasteiger partial charge >= 0.3 is 0 Å². The molecule has 0 bridgehead atoms. The van der Waals surface area contributed by atoms with Gasteiger partial charge in [0.25, 0.3) is 0 Å². The third-order valence-corrected chi connectivity index (χ3v) is 2.74. The van der Waals surface area contributed by atoms with Gasteiger partial charge in [-0.2, -0.15) is 0 Å². The van der Waals surface area contributed by atoms with E-state index in [1.165, 1.54) is 19.3 Å². The lowest BCUT2D eigenvalue weighted by atomic mass is 9.91. The minimum absolute atomic E-state index is 0.715. The van der Waals surface area contributed by atoms with Crippen LogP contribution in [0, 0.1) is 0 Å². The first-order valence-electron chi connectivity index (χ1n) is 4.43. The van der Waals surface area contributed by atoms with Crippen molar-refractivity contribution < 1.29 is 0 Å². The van der Waals surface area contributed by atoms with E-state index in [2.05, 4.69) is 4.90 Å². The summed E-state index contributed by atoms with van der Waals surface area (Å²) in [6.07, 6.45) is 6.00. The molecule has 0 heterocycles. The van der Waals surface area contributed by atoms with Gasteiger partial charge in [-0.15, -0.1) is 11.6 Å². The minimum atomic E-state index is 0.715. The maximum Gasteiger partial charge on any atom is 0.0351 e. The van der Waals surface area contributed by atoms with Crippen molar-refractivity contribution in [2.24, 2.45) is 0 Å². The van der Waals surface area contributed by atoms with E-state index in [1.807, 2.05) is 6.08 Å². The van der Waals surface area contributed by atoms with Gasteiger partial charge in [0.2, 0.25) is 0 Å². The molecule has 0 saturated heterocycles. The molecule has 1 aliphatic rings. The highest BCUT2D eigenvalue weighted by molar-refractivity contribution is 6.25. The molecule has 0 amide bonds. The van der Waals surface area contributed by atoms with Crippen molar-refractivity contribution in [2.75, 3.05) is 19.0 Å². The zero-order valence-electron chi connectivity index (χ0n) is 7.18. The van der Waals surface area contributed by atoms with Crippen LogP contribution in [0.3, 0.4) is 0 Å². The number of hydrogen-bond donors (Lipinski definition) is 0. The van der Waals surface area contributed by atoms with Crippen molar-refractivity contribution in [3.8, 4) is 0 Å². The Kier molecular flexibility index (Phi) is 5.05. The summed E-state index contributed by atoms with van der Waals surface area (Å²) in [5, 5.41) is 0. The van der Waals surface area contributed by atoms with Gasteiger partial charge in [-0.3, -0.25) is 4.90 Å². The van der Waals surface area contributed by atoms with Crippen LogP contribution in [0.5, 0.6) is 0 Å². The molecular formula is C9H15Cl2N. The van der Waals surface area contributed by atoms with Crippen molar-refractivity contribution in [2.45, 2.75) is 25.3 Å². The SMILES string of the molecule is Cl/C=C/CN(CCCl)C1CCC1. The molecule has 0 radical (unpaired) electrons. The minimum Gasteiger partial charge on any atom is -0.296 e. The molecular weight excluding hydrogens is 193 g/mol. The number of halogens is 2. The van der Waals surface area contributed by atoms with Crippen LogP contribution in [-0.4, -0.2) is 29.9 Å². The highest BCUT2D eigenvalue weighted by Crippen LogP contribution is 2.24. The van der Waals surface area contributed by atoms with Crippen molar-refractivity contribution in [3.05, 3.63) is 11.6 Å². The van der Waals surface area contributed by atoms with Gasteiger partial charge in [0.15, 0.2) is 0 Å². The van der Waals surface area contributed by atoms with Gasteiger partial charge in [0.05, 0.1) is 0 Å². The normalized spacial score (nSPS) is 18.9. The Bertz CT molecular complexity index is 143. The maximum absolute atomic E-state index is 5.70. The largest absolute Gasteiger partial charge is 0.296 e. The Balaban J connectivity index is 2.26. The molecule has 1 fully saturated rings. The molecule has 0 aromatic rings. The predicted octanol–water partition coefficient (Wildman–Crippen LogP) is 2.83. The van der Waals surface area contributed by atoms with Gasteiger partial charge in [0, 0.05) is 30.5 Å². The zero-order chi connectivity index (χ0) is 8.81. The van der Waals surface area contributed by atoms with E-state index in [0.29, 0.717) is 5.88 Å². The van der Waals surface area contributed by atoms with E-state index in [-0.39, 0.29) is 0 Å². The van der Waals surface area contributed by atoms with E-state index in [4.69, 9.17) is 23.2 Å². The predicted molar refractivity (Wildman–Crippen MR) is 54.9 cm³/mol. The first-order chi connectivity index (χ1) is 5.88. The van der Waals surface area contributed by atoms with Crippen molar-refractivity contribution in [1.82, 2.24) is 4.90 Å². The van der Waals surface area contributed by atoms with Crippen LogP contribution in [0.15, 0.2) is 11.6 Å². The van der Waals surface area contributed by atoms with Gasteiger partial charge in [0.1, 0.15) is 0 Å². The number of nitrogens with zero attached hydrogens (tertiary/aromatic N) is 1. The smallest absolute Gasteiger partial charge is 0.0351 e. The van der Waals surface area contributed by atoms with E-state index >= 15 is 0 Å². The monoisotopic (exact) mass is 207 g/mol. The van der Waals surface area contributed by atoms with Crippen molar-refractivity contribution >= 4 is 23.2 Å². The van der Waals surface area contributed by atoms with Crippen molar-refractivity contribution in [3.63, 3.8) is 0 Å². The van der Waals surface area contributed by atoms with Gasteiger partial charge in [-0.05, 0) is 12.8 Å². The topological polar surface area (TPSA) is 3.24 Å². The molecule has 70 valence electrons. The quantitative estimate of drug-likeness (QED) is 0.628. The van der Waals surface area contributed by atoms with E-state index < -0.39 is 0 Å². The Labute approximate surface area is 84.3 Å². The second kappa shape index (κ2) is 5.85. The Morgan fingerprint density at radius 1 is 1.42 bits per heavy atom. The zero-order valence-corrected chi connectivity index (χ0v) is 8.69. The lowest BCUT2D eigenvalue weighted by Gasteiger charge is -2.36. The summed E-state index contributed by atoms with van der Waals surface area (Å²) in [5.74, 6) is 0.715. The maximum atomic E-state index is 5.70. The fraction of sp³-hybridized carbons (Fsp3) is 0.778. The average molecular weight is 208 g/mol. The molecule has 12 heavy (non-hydrogen) atoms. The molecule has 0 N–H and O–H groups in total. The first kappa shape index (κ1) is 10.4. The second-order valence-electron chi connectivity index (χ2n) is 3.13. The highest BCUT2D eigenvalue weighted by atomic mass is 35.5. The van der Waals surface area contributed by atoms with Crippen LogP contribution in [0.2, 0.25) is 0 Å². The van der Waals surface area contributed by atoms with Crippen LogP contribution in [0.1, 0.15) is 19.3 Å². The molecule has 0 aromatic carbocycles. The molecule has 0 atom stereocenters. The van der Waals surface area contributed by atoms with E-state index in [9.17, 15) is 0 Å². The molecule has 0 unspecified atom stereocenters. The molecule has 1 saturated carbocycles. The summed E-state index contributed by atoms with van der Waals surface area (Å²) in [4.78, 5) is 2.40. The molecule has 1 aliphatic carbocycles. The standard InChI is InChI=1S/C9H15Cl2N/c10-5-2-7-12(8-6-11)9-3-1-4-9/h2,5,9H,1,3-4,6-8H2/b5-2+. The first-order valence-corrected chi connectivity index (χ1v) is 5.41. The average Bonchev–Trinajstić information content (AvgIpc) is 1.97. The summed E-state index contributed by atoms with van der Waals surface area (Å²) >= 11 is 11.2. The van der Waals surface area contributed by atoms with Crippen LogP contribution >= 0.6 is 23.2 Å². The van der Waals surface area contributed by atoms with Crippen LogP contribution in [0.25, 0.3) is 0 Å². The molecule has 1 rings (SSSR count). The number of hydrogen-bond acceptors (Lipinski definition) is 1. The third kappa shape index (κ3) is 2.96. The lowest BCUT2D eigenvalue weighted by Crippen LogP contribution is -2.41. The third-order valence-electron chi connectivity index (χ3n) is 2.39. The molecule has 0 aromatic heterocycles. The van der Waals surface area contributed by atoms with Gasteiger partial charge < -0.3 is 0 Å². The summed E-state index contributed by atoms with van der Waals surface area (Å²) < 4.78 is 0. The molecule has 1 nitrogen and oxygen atoms in total. The molecule has 0 aliphatic heterocycles. The van der Waals surface area contributed by atoms with Gasteiger partial charge in [-0.25, -0.2) is 0 Å². The lowest BCUT2D eigenvalue weighted by molar-refractivity contribution is 0.150. The Morgan fingerprint density at radius 2 is 2.17 bits per heavy atom. The van der Waals surface area contributed by atoms with Crippen LogP contribution in [-0.2, 0) is 0 Å². The van der Waals surface area contributed by atoms with E-state index in [0.717, 1.165) is 19.1 Å². The summed E-state index contributed by atoms with van der Waals surface area (Å²) in [5.41, 5.74) is 1.58. The second-order valence-corrected chi connectivity index (χ2v) is 3.76. The van der Waals surface area contributed by atoms with Crippen LogP contribution < -0.4 is 0 Å². The number of alkyl halides is 1. The number of rotatable bonds is 5. The summed E-state index contributed by atoms with van der Waals surface area (Å²) in [6, 6.07) is 0.761. The fourth-order valence-electron chi connectivity index (χ4n) is 1.46. The van der Waals surface area contributed by atoms with E-state index in [1.54, 1.807) is 5.54 Å². The Morgan fingerprint density at radius 3 is 2.58 bits per heavy atom. The Hall–Kier alpha value is 0.280. The molecule has 3 heteroatoms. The summed E-state index contributed by atoms with van der Waals surface area (Å²) in [6.45, 7) is 1.92. The fourth-order valence-corrected chi connectivity index (χ4v) is 1.76.